The van der Waals surface area contributed by atoms with Crippen LogP contribution in [0.3, 0.4) is 0 Å². The second-order valence-electron chi connectivity index (χ2n) is 4.69. The van der Waals surface area contributed by atoms with E-state index in [1.54, 1.807) is 22.1 Å². The fraction of sp³-hybridized carbons (Fsp3) is 0.200. The Morgan fingerprint density at radius 3 is 3.05 bits per heavy atom. The molecule has 21 heavy (non-hydrogen) atoms. The molecule has 0 unspecified atom stereocenters. The van der Waals surface area contributed by atoms with Gasteiger partial charge in [0.2, 0.25) is 0 Å². The molecule has 0 aliphatic carbocycles. The fourth-order valence-corrected chi connectivity index (χ4v) is 2.99. The van der Waals surface area contributed by atoms with Crippen LogP contribution in [0.4, 0.5) is 0 Å². The maximum absolute atomic E-state index is 11.7. The Hall–Kier alpha value is -2.34. The smallest absolute Gasteiger partial charge is 0.254 e. The van der Waals surface area contributed by atoms with Gasteiger partial charge in [-0.15, -0.1) is 11.3 Å². The minimum absolute atomic E-state index is 0.104. The highest BCUT2D eigenvalue weighted by Crippen LogP contribution is 2.27. The zero-order valence-corrected chi connectivity index (χ0v) is 12.4. The molecule has 0 aliphatic heterocycles. The van der Waals surface area contributed by atoms with Crippen molar-refractivity contribution in [2.45, 2.75) is 6.42 Å². The lowest BCUT2D eigenvalue weighted by atomic mass is 10.3. The van der Waals surface area contributed by atoms with Gasteiger partial charge < -0.3 is 9.73 Å². The molecule has 5 nitrogen and oxygen atoms in total. The third-order valence-electron chi connectivity index (χ3n) is 3.09. The van der Waals surface area contributed by atoms with Gasteiger partial charge in [0.05, 0.1) is 18.0 Å². The number of nitrogens with one attached hydrogen (secondary N) is 1. The lowest BCUT2D eigenvalue weighted by Crippen LogP contribution is -2.24. The van der Waals surface area contributed by atoms with Gasteiger partial charge in [-0.05, 0) is 24.6 Å². The Kier molecular flexibility index (Phi) is 3.87. The molecule has 3 aromatic rings. The molecular formula is C15H15N3O2S. The van der Waals surface area contributed by atoms with Gasteiger partial charge in [-0.1, -0.05) is 0 Å². The second kappa shape index (κ2) is 5.97. The van der Waals surface area contributed by atoms with Crippen molar-refractivity contribution >= 4 is 17.2 Å². The second-order valence-corrected chi connectivity index (χ2v) is 5.85. The van der Waals surface area contributed by atoms with E-state index in [0.717, 1.165) is 12.0 Å². The summed E-state index contributed by atoms with van der Waals surface area (Å²) in [6.45, 7) is 0.608. The van der Waals surface area contributed by atoms with Crippen molar-refractivity contribution in [1.82, 2.24) is 15.1 Å². The van der Waals surface area contributed by atoms with Gasteiger partial charge >= 0.3 is 0 Å². The molecule has 0 atom stereocenters. The SMILES string of the molecule is Cn1cc(-c2ccc(CCNC(=O)c3ccoc3)s2)cn1. The summed E-state index contributed by atoms with van der Waals surface area (Å²) in [5, 5.41) is 7.05. The van der Waals surface area contributed by atoms with Crippen molar-refractivity contribution < 1.29 is 9.21 Å². The molecular weight excluding hydrogens is 286 g/mol. The number of hydrogen-bond donors (Lipinski definition) is 1. The molecule has 0 bridgehead atoms. The van der Waals surface area contributed by atoms with Crippen LogP contribution in [0.5, 0.6) is 0 Å². The molecule has 6 heteroatoms. The number of aromatic nitrogens is 2. The van der Waals surface area contributed by atoms with Gasteiger partial charge in [-0.3, -0.25) is 9.48 Å². The van der Waals surface area contributed by atoms with E-state index in [1.807, 2.05) is 19.4 Å². The molecule has 3 aromatic heterocycles. The average molecular weight is 301 g/mol. The molecule has 108 valence electrons. The Labute approximate surface area is 126 Å². The third-order valence-corrected chi connectivity index (χ3v) is 4.29. The summed E-state index contributed by atoms with van der Waals surface area (Å²) in [6, 6.07) is 5.84. The summed E-state index contributed by atoms with van der Waals surface area (Å²) in [4.78, 5) is 14.2. The normalized spacial score (nSPS) is 10.7. The number of nitrogens with zero attached hydrogens (tertiary/aromatic N) is 2. The first-order chi connectivity index (χ1) is 10.2. The first-order valence-corrected chi connectivity index (χ1v) is 7.42. The number of carbonyl (C=O) groups is 1. The maximum Gasteiger partial charge on any atom is 0.254 e. The van der Waals surface area contributed by atoms with E-state index in [4.69, 9.17) is 4.42 Å². The van der Waals surface area contributed by atoms with Gasteiger partial charge in [-0.25, -0.2) is 0 Å². The third kappa shape index (κ3) is 3.22. The number of thiophene rings is 1. The van der Waals surface area contributed by atoms with E-state index in [2.05, 4.69) is 22.5 Å². The van der Waals surface area contributed by atoms with E-state index in [0.29, 0.717) is 12.1 Å². The fourth-order valence-electron chi connectivity index (χ4n) is 2.01. The van der Waals surface area contributed by atoms with Crippen LogP contribution >= 0.6 is 11.3 Å². The Balaban J connectivity index is 1.54. The molecule has 0 aromatic carbocycles. The zero-order chi connectivity index (χ0) is 14.7. The number of carbonyl (C=O) groups excluding carboxylic acids is 1. The number of aryl methyl sites for hydroxylation is 1. The lowest BCUT2D eigenvalue weighted by Gasteiger charge is -2.01. The highest BCUT2D eigenvalue weighted by molar-refractivity contribution is 7.15. The van der Waals surface area contributed by atoms with Crippen molar-refractivity contribution in [2.24, 2.45) is 7.05 Å². The summed E-state index contributed by atoms with van der Waals surface area (Å²) >= 11 is 1.73. The minimum Gasteiger partial charge on any atom is -0.472 e. The number of hydrogen-bond acceptors (Lipinski definition) is 4. The van der Waals surface area contributed by atoms with Crippen LogP contribution in [0.15, 0.2) is 47.5 Å². The molecule has 0 fully saturated rings. The summed E-state index contributed by atoms with van der Waals surface area (Å²) < 4.78 is 6.68. The molecule has 0 saturated carbocycles. The monoisotopic (exact) mass is 301 g/mol. The predicted octanol–water partition coefficient (Wildman–Crippen LogP) is 2.71. The quantitative estimate of drug-likeness (QED) is 0.788. The van der Waals surface area contributed by atoms with Crippen molar-refractivity contribution in [3.05, 3.63) is 53.6 Å². The highest BCUT2D eigenvalue weighted by atomic mass is 32.1. The molecule has 1 N–H and O–H groups in total. The van der Waals surface area contributed by atoms with Crippen LogP contribution in [-0.2, 0) is 13.5 Å². The van der Waals surface area contributed by atoms with Crippen LogP contribution in [0.25, 0.3) is 10.4 Å². The molecule has 3 heterocycles. The van der Waals surface area contributed by atoms with E-state index in [1.165, 1.54) is 22.3 Å². The Morgan fingerprint density at radius 1 is 1.43 bits per heavy atom. The standard InChI is InChI=1S/C15H15N3O2S/c1-18-9-12(8-17-18)14-3-2-13(21-14)4-6-16-15(19)11-5-7-20-10-11/h2-3,5,7-10H,4,6H2,1H3,(H,16,19). The van der Waals surface area contributed by atoms with Crippen LogP contribution in [0.1, 0.15) is 15.2 Å². The van der Waals surface area contributed by atoms with E-state index in [9.17, 15) is 4.79 Å². The van der Waals surface area contributed by atoms with Gasteiger partial charge in [0.25, 0.3) is 5.91 Å². The predicted molar refractivity (Wildman–Crippen MR) is 81.3 cm³/mol. The summed E-state index contributed by atoms with van der Waals surface area (Å²) in [7, 11) is 1.91. The molecule has 0 radical (unpaired) electrons. The van der Waals surface area contributed by atoms with Crippen molar-refractivity contribution in [2.75, 3.05) is 6.54 Å². The maximum atomic E-state index is 11.7. The zero-order valence-electron chi connectivity index (χ0n) is 11.6. The first-order valence-electron chi connectivity index (χ1n) is 6.60. The average Bonchev–Trinajstić information content (AvgIpc) is 3.19. The summed E-state index contributed by atoms with van der Waals surface area (Å²) in [5.74, 6) is -0.104. The van der Waals surface area contributed by atoms with Gasteiger partial charge in [-0.2, -0.15) is 5.10 Å². The topological polar surface area (TPSA) is 60.1 Å². The first kappa shape index (κ1) is 13.6. The van der Waals surface area contributed by atoms with Crippen LogP contribution in [0, 0.1) is 0 Å². The summed E-state index contributed by atoms with van der Waals surface area (Å²) in [5.41, 5.74) is 1.67. The van der Waals surface area contributed by atoms with Gasteiger partial charge in [0.1, 0.15) is 6.26 Å². The van der Waals surface area contributed by atoms with Gasteiger partial charge in [0.15, 0.2) is 0 Å². The molecule has 0 spiro atoms. The van der Waals surface area contributed by atoms with E-state index in [-0.39, 0.29) is 5.91 Å². The van der Waals surface area contributed by atoms with Crippen LogP contribution < -0.4 is 5.32 Å². The number of furan rings is 1. The van der Waals surface area contributed by atoms with E-state index >= 15 is 0 Å². The van der Waals surface area contributed by atoms with Crippen molar-refractivity contribution in [3.63, 3.8) is 0 Å². The lowest BCUT2D eigenvalue weighted by molar-refractivity contribution is 0.0953. The largest absolute Gasteiger partial charge is 0.472 e. The van der Waals surface area contributed by atoms with E-state index < -0.39 is 0 Å². The van der Waals surface area contributed by atoms with Gasteiger partial charge in [0, 0.05) is 35.1 Å². The molecule has 1 amide bonds. The Bertz CT molecular complexity index is 728. The van der Waals surface area contributed by atoms with Crippen molar-refractivity contribution in [3.8, 4) is 10.4 Å². The minimum atomic E-state index is -0.104. The highest BCUT2D eigenvalue weighted by Gasteiger charge is 2.07. The summed E-state index contributed by atoms with van der Waals surface area (Å²) in [6.07, 6.45) is 7.61. The molecule has 0 aliphatic rings. The molecule has 0 saturated heterocycles. The van der Waals surface area contributed by atoms with Crippen molar-refractivity contribution in [1.29, 1.82) is 0 Å². The number of rotatable bonds is 5. The van der Waals surface area contributed by atoms with Crippen LogP contribution in [0.2, 0.25) is 0 Å². The molecule has 3 rings (SSSR count). The number of amides is 1. The van der Waals surface area contributed by atoms with Crippen LogP contribution in [-0.4, -0.2) is 22.2 Å². The Morgan fingerprint density at radius 2 is 2.33 bits per heavy atom.